The predicted octanol–water partition coefficient (Wildman–Crippen LogP) is 5.34. The van der Waals surface area contributed by atoms with Crippen LogP contribution in [-0.4, -0.2) is 22.3 Å². The molecule has 0 radical (unpaired) electrons. The van der Waals surface area contributed by atoms with Crippen LogP contribution in [0.2, 0.25) is 0 Å². The predicted molar refractivity (Wildman–Crippen MR) is 80.1 cm³/mol. The summed E-state index contributed by atoms with van der Waals surface area (Å²) in [4.78, 5) is 12.0. The molecule has 0 fully saturated rings. The Kier molecular flexibility index (Phi) is 4.61. The lowest BCUT2D eigenvalue weighted by atomic mass is 9.93. The molecule has 0 spiro atoms. The molecule has 1 aliphatic rings. The Bertz CT molecular complexity index is 832. The van der Waals surface area contributed by atoms with Gasteiger partial charge in [0.2, 0.25) is 5.78 Å². The van der Waals surface area contributed by atoms with Crippen molar-refractivity contribution in [1.82, 2.24) is 4.57 Å². The molecule has 0 unspecified atom stereocenters. The minimum Gasteiger partial charge on any atom is -0.319 e. The maximum atomic E-state index is 13.7. The average Bonchev–Trinajstić information content (AvgIpc) is 2.91. The Balaban J connectivity index is 2.18. The number of halogens is 6. The highest BCUT2D eigenvalue weighted by molar-refractivity contribution is 7.99. The summed E-state index contributed by atoms with van der Waals surface area (Å²) in [7, 11) is 0. The van der Waals surface area contributed by atoms with Crippen molar-refractivity contribution in [1.29, 1.82) is 0 Å². The maximum absolute atomic E-state index is 13.7. The van der Waals surface area contributed by atoms with Crippen LogP contribution in [0, 0.1) is 5.82 Å². The topological polar surface area (TPSA) is 22.0 Å². The molecule has 0 saturated heterocycles. The summed E-state index contributed by atoms with van der Waals surface area (Å²) in [5.41, 5.74) is -0.871. The lowest BCUT2D eigenvalue weighted by Crippen LogP contribution is -2.34. The first-order valence-corrected chi connectivity index (χ1v) is 8.18. The Labute approximate surface area is 142 Å². The van der Waals surface area contributed by atoms with Crippen LogP contribution in [0.4, 0.5) is 26.3 Å². The maximum Gasteiger partial charge on any atom is 0.310 e. The summed E-state index contributed by atoms with van der Waals surface area (Å²) in [6.45, 7) is 0. The number of aromatic nitrogens is 1. The Morgan fingerprint density at radius 1 is 1.28 bits per heavy atom. The zero-order chi connectivity index (χ0) is 18.4. The number of nitrogens with zero attached hydrogens (tertiary/aromatic N) is 1. The lowest BCUT2D eigenvalue weighted by Gasteiger charge is -2.22. The molecule has 0 bridgehead atoms. The number of carbonyl (C=O) groups excluding carboxylic acids is 1. The third-order valence-electron chi connectivity index (χ3n) is 4.01. The SMILES string of the molecule is O=C1c2c(SCF)cn(-c3ccc(F)c(C(F)F)c3)c2CCC1(F)F. The molecule has 134 valence electrons. The molecule has 0 aliphatic heterocycles. The molecule has 2 aromatic rings. The second-order valence-electron chi connectivity index (χ2n) is 5.48. The van der Waals surface area contributed by atoms with Crippen LogP contribution in [0.15, 0.2) is 29.3 Å². The highest BCUT2D eigenvalue weighted by Crippen LogP contribution is 2.40. The molecule has 1 aromatic heterocycles. The highest BCUT2D eigenvalue weighted by Gasteiger charge is 2.46. The van der Waals surface area contributed by atoms with Crippen LogP contribution in [0.25, 0.3) is 5.69 Å². The first-order valence-electron chi connectivity index (χ1n) is 7.20. The van der Waals surface area contributed by atoms with Crippen molar-refractivity contribution in [3.63, 3.8) is 0 Å². The van der Waals surface area contributed by atoms with Crippen LogP contribution in [0.5, 0.6) is 0 Å². The van der Waals surface area contributed by atoms with E-state index in [0.29, 0.717) is 11.8 Å². The summed E-state index contributed by atoms with van der Waals surface area (Å²) < 4.78 is 80.7. The first kappa shape index (κ1) is 17.9. The fourth-order valence-electron chi connectivity index (χ4n) is 2.83. The minimum absolute atomic E-state index is 0.00444. The molecule has 0 amide bonds. The van der Waals surface area contributed by atoms with Gasteiger partial charge < -0.3 is 4.57 Å². The molecule has 25 heavy (non-hydrogen) atoms. The van der Waals surface area contributed by atoms with Crippen molar-refractivity contribution in [2.45, 2.75) is 30.1 Å². The number of rotatable bonds is 4. The van der Waals surface area contributed by atoms with Crippen molar-refractivity contribution >= 4 is 17.5 Å². The fourth-order valence-corrected chi connectivity index (χ4v) is 3.48. The molecule has 0 saturated carbocycles. The van der Waals surface area contributed by atoms with E-state index in [1.165, 1.54) is 16.8 Å². The quantitative estimate of drug-likeness (QED) is 0.529. The smallest absolute Gasteiger partial charge is 0.310 e. The third kappa shape index (κ3) is 3.05. The zero-order valence-corrected chi connectivity index (χ0v) is 13.4. The van der Waals surface area contributed by atoms with Gasteiger partial charge in [0.05, 0.1) is 11.1 Å². The number of ketones is 1. The van der Waals surface area contributed by atoms with Gasteiger partial charge in [-0.3, -0.25) is 4.79 Å². The number of hydrogen-bond donors (Lipinski definition) is 0. The highest BCUT2D eigenvalue weighted by atomic mass is 32.2. The number of carbonyl (C=O) groups is 1. The van der Waals surface area contributed by atoms with Crippen molar-refractivity contribution in [3.8, 4) is 5.69 Å². The molecule has 1 aromatic carbocycles. The lowest BCUT2D eigenvalue weighted by molar-refractivity contribution is 0.00143. The van der Waals surface area contributed by atoms with E-state index >= 15 is 0 Å². The first-order chi connectivity index (χ1) is 11.8. The summed E-state index contributed by atoms with van der Waals surface area (Å²) in [6.07, 6.45) is -2.73. The Morgan fingerprint density at radius 3 is 2.64 bits per heavy atom. The molecule has 0 N–H and O–H groups in total. The van der Waals surface area contributed by atoms with E-state index in [1.807, 2.05) is 0 Å². The second-order valence-corrected chi connectivity index (χ2v) is 6.43. The monoisotopic (exact) mass is 379 g/mol. The van der Waals surface area contributed by atoms with E-state index in [4.69, 9.17) is 0 Å². The fraction of sp³-hybridized carbons (Fsp3) is 0.312. The molecule has 1 aliphatic carbocycles. The van der Waals surface area contributed by atoms with Crippen molar-refractivity contribution in [3.05, 3.63) is 47.0 Å². The third-order valence-corrected chi connectivity index (χ3v) is 4.74. The largest absolute Gasteiger partial charge is 0.319 e. The van der Waals surface area contributed by atoms with E-state index in [0.717, 1.165) is 12.1 Å². The summed E-state index contributed by atoms with van der Waals surface area (Å²) in [6, 6.07) is 1.98. The minimum atomic E-state index is -3.55. The van der Waals surface area contributed by atoms with Gasteiger partial charge in [-0.1, -0.05) is 11.8 Å². The van der Waals surface area contributed by atoms with E-state index in [1.54, 1.807) is 0 Å². The number of fused-ring (bicyclic) bond motifs is 1. The van der Waals surface area contributed by atoms with Gasteiger partial charge in [0.1, 0.15) is 11.8 Å². The summed E-state index contributed by atoms with van der Waals surface area (Å²) >= 11 is 0.560. The number of Topliss-reactive ketones (excluding diaryl/α,β-unsaturated/α-hetero) is 1. The van der Waals surface area contributed by atoms with E-state index in [9.17, 15) is 31.1 Å². The van der Waals surface area contributed by atoms with Gasteiger partial charge >= 0.3 is 5.92 Å². The van der Waals surface area contributed by atoms with E-state index < -0.39 is 41.9 Å². The molecule has 0 atom stereocenters. The van der Waals surface area contributed by atoms with Crippen LogP contribution >= 0.6 is 11.8 Å². The van der Waals surface area contributed by atoms with Crippen LogP contribution < -0.4 is 0 Å². The van der Waals surface area contributed by atoms with E-state index in [-0.39, 0.29) is 28.3 Å². The standard InChI is InChI=1S/C16H11F6NOS/c17-7-25-12-6-23(8-1-2-10(18)9(5-8)15(19)20)11-3-4-16(21,22)14(24)13(11)12/h1-2,5-6,15H,3-4,7H2. The van der Waals surface area contributed by atoms with Gasteiger partial charge in [-0.25, -0.2) is 17.6 Å². The van der Waals surface area contributed by atoms with Crippen LogP contribution in [0.3, 0.4) is 0 Å². The number of thioether (sulfide) groups is 1. The Hall–Kier alpha value is -1.90. The summed E-state index contributed by atoms with van der Waals surface area (Å²) in [5.74, 6) is -6.07. The molecular formula is C16H11F6NOS. The van der Waals surface area contributed by atoms with Gasteiger partial charge in [0.25, 0.3) is 6.43 Å². The molecular weight excluding hydrogens is 368 g/mol. The summed E-state index contributed by atoms with van der Waals surface area (Å²) in [5, 5.41) is 0. The van der Waals surface area contributed by atoms with Crippen LogP contribution in [-0.2, 0) is 6.42 Å². The van der Waals surface area contributed by atoms with Crippen molar-refractivity contribution < 1.29 is 31.1 Å². The van der Waals surface area contributed by atoms with Gasteiger partial charge in [0, 0.05) is 28.9 Å². The van der Waals surface area contributed by atoms with Gasteiger partial charge in [-0.15, -0.1) is 0 Å². The number of hydrogen-bond acceptors (Lipinski definition) is 2. The number of benzene rings is 1. The van der Waals surface area contributed by atoms with Gasteiger partial charge in [-0.05, 0) is 24.6 Å². The molecule has 9 heteroatoms. The molecule has 2 nitrogen and oxygen atoms in total. The second kappa shape index (κ2) is 6.44. The Morgan fingerprint density at radius 2 is 2.00 bits per heavy atom. The van der Waals surface area contributed by atoms with E-state index in [2.05, 4.69) is 0 Å². The normalized spacial score (nSPS) is 16.4. The zero-order valence-electron chi connectivity index (χ0n) is 12.5. The van der Waals surface area contributed by atoms with Crippen molar-refractivity contribution in [2.75, 3.05) is 6.01 Å². The molecule has 3 rings (SSSR count). The van der Waals surface area contributed by atoms with Gasteiger partial charge in [0.15, 0.2) is 0 Å². The molecule has 1 heterocycles. The number of alkyl halides is 5. The van der Waals surface area contributed by atoms with Gasteiger partial charge in [-0.2, -0.15) is 8.78 Å². The average molecular weight is 379 g/mol. The van der Waals surface area contributed by atoms with Crippen molar-refractivity contribution in [2.24, 2.45) is 0 Å². The van der Waals surface area contributed by atoms with Crippen LogP contribution in [0.1, 0.15) is 34.5 Å².